The Morgan fingerprint density at radius 2 is 1.88 bits per heavy atom. The van der Waals surface area contributed by atoms with E-state index in [2.05, 4.69) is 10.00 Å². The van der Waals surface area contributed by atoms with Crippen molar-refractivity contribution in [3.8, 4) is 0 Å². The fraction of sp³-hybridized carbons (Fsp3) is 0.412. The number of hydrogen-bond donors (Lipinski definition) is 0. The molecule has 1 aliphatic rings. The van der Waals surface area contributed by atoms with E-state index in [4.69, 9.17) is 23.2 Å². The Hall–Kier alpha value is -1.56. The smallest absolute Gasteiger partial charge is 0.257 e. The lowest BCUT2D eigenvalue weighted by Gasteiger charge is -2.34. The maximum absolute atomic E-state index is 12.6. The molecule has 1 amide bonds. The lowest BCUT2D eigenvalue weighted by Crippen LogP contribution is -2.48. The van der Waals surface area contributed by atoms with Crippen molar-refractivity contribution >= 4 is 29.1 Å². The van der Waals surface area contributed by atoms with E-state index in [1.54, 1.807) is 10.9 Å². The van der Waals surface area contributed by atoms with Crippen LogP contribution >= 0.6 is 23.2 Å². The predicted molar refractivity (Wildman–Crippen MR) is 95.6 cm³/mol. The van der Waals surface area contributed by atoms with Gasteiger partial charge in [0.1, 0.15) is 0 Å². The number of rotatable bonds is 3. The van der Waals surface area contributed by atoms with Crippen molar-refractivity contribution in [2.24, 2.45) is 7.05 Å². The molecule has 3 rings (SSSR count). The van der Waals surface area contributed by atoms with Crippen molar-refractivity contribution < 1.29 is 4.79 Å². The van der Waals surface area contributed by atoms with Gasteiger partial charge in [0.2, 0.25) is 0 Å². The van der Waals surface area contributed by atoms with E-state index in [0.717, 1.165) is 30.9 Å². The van der Waals surface area contributed by atoms with E-state index in [9.17, 15) is 4.79 Å². The van der Waals surface area contributed by atoms with Crippen LogP contribution in [-0.4, -0.2) is 51.7 Å². The zero-order valence-corrected chi connectivity index (χ0v) is 15.3. The second kappa shape index (κ2) is 7.13. The number of aromatic nitrogens is 2. The summed E-state index contributed by atoms with van der Waals surface area (Å²) in [6.45, 7) is 5.84. The highest BCUT2D eigenvalue weighted by Gasteiger charge is 2.24. The molecule has 0 bridgehead atoms. The molecular weight excluding hydrogens is 347 g/mol. The third-order valence-electron chi connectivity index (χ3n) is 4.52. The van der Waals surface area contributed by atoms with Gasteiger partial charge in [-0.15, -0.1) is 0 Å². The van der Waals surface area contributed by atoms with Crippen LogP contribution in [0.15, 0.2) is 24.4 Å². The minimum Gasteiger partial charge on any atom is -0.336 e. The third kappa shape index (κ3) is 3.58. The first-order valence-corrected chi connectivity index (χ1v) is 8.65. The summed E-state index contributed by atoms with van der Waals surface area (Å²) in [5.41, 5.74) is 2.72. The van der Waals surface area contributed by atoms with Crippen LogP contribution in [-0.2, 0) is 13.6 Å². The quantitative estimate of drug-likeness (QED) is 0.838. The van der Waals surface area contributed by atoms with E-state index in [1.165, 1.54) is 0 Å². The number of benzene rings is 1. The Morgan fingerprint density at radius 3 is 2.46 bits per heavy atom. The molecular formula is C17H20Cl2N4O. The van der Waals surface area contributed by atoms with Crippen LogP contribution in [0.5, 0.6) is 0 Å². The van der Waals surface area contributed by atoms with Crippen molar-refractivity contribution in [1.29, 1.82) is 0 Å². The first-order chi connectivity index (χ1) is 11.5. The molecule has 1 fully saturated rings. The van der Waals surface area contributed by atoms with Gasteiger partial charge in [0.15, 0.2) is 0 Å². The van der Waals surface area contributed by atoms with Crippen LogP contribution in [0.2, 0.25) is 10.0 Å². The highest BCUT2D eigenvalue weighted by molar-refractivity contribution is 6.42. The molecule has 1 aromatic carbocycles. The topological polar surface area (TPSA) is 41.4 Å². The maximum atomic E-state index is 12.6. The summed E-state index contributed by atoms with van der Waals surface area (Å²) >= 11 is 12.0. The van der Waals surface area contributed by atoms with Crippen molar-refractivity contribution in [3.63, 3.8) is 0 Å². The SMILES string of the molecule is Cc1c(C(=O)N2CCN(Cc3ccc(Cl)c(Cl)c3)CC2)cnn1C. The summed E-state index contributed by atoms with van der Waals surface area (Å²) < 4.78 is 1.73. The summed E-state index contributed by atoms with van der Waals surface area (Å²) in [7, 11) is 1.85. The molecule has 0 aliphatic carbocycles. The average Bonchev–Trinajstić information content (AvgIpc) is 2.90. The number of nitrogens with zero attached hydrogens (tertiary/aromatic N) is 4. The van der Waals surface area contributed by atoms with Crippen LogP contribution in [0.25, 0.3) is 0 Å². The fourth-order valence-electron chi connectivity index (χ4n) is 2.88. The van der Waals surface area contributed by atoms with Crippen LogP contribution in [0.4, 0.5) is 0 Å². The molecule has 128 valence electrons. The number of carbonyl (C=O) groups is 1. The van der Waals surface area contributed by atoms with E-state index in [1.807, 2.05) is 37.1 Å². The van der Waals surface area contributed by atoms with E-state index >= 15 is 0 Å². The van der Waals surface area contributed by atoms with Crippen LogP contribution in [0.1, 0.15) is 21.6 Å². The second-order valence-corrected chi connectivity index (χ2v) is 6.90. The zero-order valence-electron chi connectivity index (χ0n) is 13.8. The Bertz CT molecular complexity index is 751. The fourth-order valence-corrected chi connectivity index (χ4v) is 3.20. The van der Waals surface area contributed by atoms with Gasteiger partial charge >= 0.3 is 0 Å². The van der Waals surface area contributed by atoms with Crippen LogP contribution in [0.3, 0.4) is 0 Å². The molecule has 0 radical (unpaired) electrons. The minimum atomic E-state index is 0.0646. The standard InChI is InChI=1S/C17H20Cl2N4O/c1-12-14(10-20-21(12)2)17(24)23-7-5-22(6-8-23)11-13-3-4-15(18)16(19)9-13/h3-4,9-10H,5-8,11H2,1-2H3. The molecule has 0 N–H and O–H groups in total. The maximum Gasteiger partial charge on any atom is 0.257 e. The number of aryl methyl sites for hydroxylation is 1. The molecule has 0 unspecified atom stereocenters. The van der Waals surface area contributed by atoms with E-state index in [0.29, 0.717) is 28.7 Å². The third-order valence-corrected chi connectivity index (χ3v) is 5.25. The summed E-state index contributed by atoms with van der Waals surface area (Å²) in [4.78, 5) is 16.8. The van der Waals surface area contributed by atoms with Gasteiger partial charge in [0.25, 0.3) is 5.91 Å². The van der Waals surface area contributed by atoms with Gasteiger partial charge in [-0.25, -0.2) is 0 Å². The lowest BCUT2D eigenvalue weighted by molar-refractivity contribution is 0.0627. The molecule has 24 heavy (non-hydrogen) atoms. The van der Waals surface area contributed by atoms with Gasteiger partial charge in [0, 0.05) is 45.5 Å². The van der Waals surface area contributed by atoms with Crippen molar-refractivity contribution in [3.05, 3.63) is 51.3 Å². The molecule has 0 saturated carbocycles. The normalized spacial score (nSPS) is 15.8. The zero-order chi connectivity index (χ0) is 17.3. The van der Waals surface area contributed by atoms with Gasteiger partial charge in [-0.3, -0.25) is 14.4 Å². The van der Waals surface area contributed by atoms with Gasteiger partial charge in [0.05, 0.1) is 21.8 Å². The number of carbonyl (C=O) groups excluding carboxylic acids is 1. The Morgan fingerprint density at radius 1 is 1.17 bits per heavy atom. The highest BCUT2D eigenvalue weighted by atomic mass is 35.5. The number of halogens is 2. The molecule has 7 heteroatoms. The lowest BCUT2D eigenvalue weighted by atomic mass is 10.1. The van der Waals surface area contributed by atoms with Crippen molar-refractivity contribution in [1.82, 2.24) is 19.6 Å². The molecule has 1 aromatic heterocycles. The van der Waals surface area contributed by atoms with Gasteiger partial charge in [-0.1, -0.05) is 29.3 Å². The Balaban J connectivity index is 1.58. The molecule has 0 atom stereocenters. The average molecular weight is 367 g/mol. The largest absolute Gasteiger partial charge is 0.336 e. The molecule has 5 nitrogen and oxygen atoms in total. The minimum absolute atomic E-state index is 0.0646. The molecule has 0 spiro atoms. The Labute approximate surface area is 151 Å². The number of hydrogen-bond acceptors (Lipinski definition) is 3. The molecule has 1 aliphatic heterocycles. The van der Waals surface area contributed by atoms with Crippen molar-refractivity contribution in [2.75, 3.05) is 26.2 Å². The van der Waals surface area contributed by atoms with E-state index in [-0.39, 0.29) is 5.91 Å². The summed E-state index contributed by atoms with van der Waals surface area (Å²) in [5.74, 6) is 0.0646. The van der Waals surface area contributed by atoms with Gasteiger partial charge < -0.3 is 4.90 Å². The van der Waals surface area contributed by atoms with Gasteiger partial charge in [-0.2, -0.15) is 5.10 Å². The summed E-state index contributed by atoms with van der Waals surface area (Å²) in [5, 5.41) is 5.30. The molecule has 2 aromatic rings. The van der Waals surface area contributed by atoms with Crippen molar-refractivity contribution in [2.45, 2.75) is 13.5 Å². The molecule has 1 saturated heterocycles. The van der Waals surface area contributed by atoms with Crippen LogP contribution in [0, 0.1) is 6.92 Å². The summed E-state index contributed by atoms with van der Waals surface area (Å²) in [6, 6.07) is 5.72. The second-order valence-electron chi connectivity index (χ2n) is 6.08. The molecule has 2 heterocycles. The first kappa shape index (κ1) is 17.3. The predicted octanol–water partition coefficient (Wildman–Crippen LogP) is 2.99. The van der Waals surface area contributed by atoms with Crippen LogP contribution < -0.4 is 0 Å². The van der Waals surface area contributed by atoms with Gasteiger partial charge in [-0.05, 0) is 24.6 Å². The number of amides is 1. The highest BCUT2D eigenvalue weighted by Crippen LogP contribution is 2.23. The van der Waals surface area contributed by atoms with E-state index < -0.39 is 0 Å². The monoisotopic (exact) mass is 366 g/mol. The number of piperazine rings is 1. The first-order valence-electron chi connectivity index (χ1n) is 7.90. The summed E-state index contributed by atoms with van der Waals surface area (Å²) in [6.07, 6.45) is 1.65. The Kier molecular flexibility index (Phi) is 5.13.